The van der Waals surface area contributed by atoms with Crippen LogP contribution in [-0.4, -0.2) is 83.5 Å². The molecule has 3 atom stereocenters. The van der Waals surface area contributed by atoms with Crippen molar-refractivity contribution < 1.29 is 34.2 Å². The summed E-state index contributed by atoms with van der Waals surface area (Å²) in [4.78, 5) is 26.1. The average Bonchev–Trinajstić information content (AvgIpc) is 3.46. The highest BCUT2D eigenvalue weighted by molar-refractivity contribution is 6.67. The number of nitrogens with zero attached hydrogens (tertiary/aromatic N) is 1. The fraction of sp³-hybridized carbons (Fsp3) is 0.600. The lowest BCUT2D eigenvalue weighted by Crippen LogP contribution is -2.57. The van der Waals surface area contributed by atoms with Crippen molar-refractivity contribution in [1.29, 1.82) is 0 Å². The minimum atomic E-state index is -2.58. The number of aromatic carboxylic acids is 1. The van der Waals surface area contributed by atoms with E-state index in [1.165, 1.54) is 0 Å². The minimum Gasteiger partial charge on any atom is -0.583 e. The lowest BCUT2D eigenvalue weighted by Gasteiger charge is -2.40. The Bertz CT molecular complexity index is 880. The maximum absolute atomic E-state index is 12.4. The molecule has 3 aliphatic heterocycles. The van der Waals surface area contributed by atoms with Crippen molar-refractivity contribution in [3.05, 3.63) is 28.8 Å². The summed E-state index contributed by atoms with van der Waals surface area (Å²) < 4.78 is 11.5. The Morgan fingerprint density at radius 2 is 2.10 bits per heavy atom. The summed E-state index contributed by atoms with van der Waals surface area (Å²) in [6.45, 7) is 0.277. The molecule has 0 radical (unpaired) electrons. The van der Waals surface area contributed by atoms with Gasteiger partial charge in [0, 0.05) is 13.1 Å². The van der Waals surface area contributed by atoms with Gasteiger partial charge in [0.25, 0.3) is 0 Å². The number of amides is 1. The maximum atomic E-state index is 12.4. The number of hydrogen-bond donors (Lipinski definition) is 4. The standard InChI is InChI=1S/C20H26BN2O7/c24-18(5-11-8-22-3-4-29-11)23-9-12(10-23)30-17-2-1-13-14-6-16(14)21(27,28)7-15(13)19(17)20(25)26/h1-2,11-12,14,16,22,27-28H,3-10H2,(H,25,26)/q-1/t11-,14-,16-/m1/s1. The number of benzene rings is 1. The molecule has 30 heavy (non-hydrogen) atoms. The fourth-order valence-electron chi connectivity index (χ4n) is 5.13. The summed E-state index contributed by atoms with van der Waals surface area (Å²) in [6, 6.07) is 3.51. The SMILES string of the molecule is O=C(O)c1c(OC2CN(C(=O)C[C@@H]3CNCCO3)C2)ccc2c1C[B-](O)(O)[C@@H]1C[C@H]21. The van der Waals surface area contributed by atoms with Crippen LogP contribution < -0.4 is 10.1 Å². The zero-order valence-electron chi connectivity index (χ0n) is 16.6. The van der Waals surface area contributed by atoms with Crippen molar-refractivity contribution in [1.82, 2.24) is 10.2 Å². The second-order valence-corrected chi connectivity index (χ2v) is 8.98. The van der Waals surface area contributed by atoms with Gasteiger partial charge < -0.3 is 34.8 Å². The van der Waals surface area contributed by atoms with E-state index in [4.69, 9.17) is 9.47 Å². The lowest BCUT2D eigenvalue weighted by atomic mass is 9.45. The van der Waals surface area contributed by atoms with Gasteiger partial charge in [0.05, 0.1) is 32.2 Å². The molecule has 4 N–H and O–H groups in total. The van der Waals surface area contributed by atoms with Gasteiger partial charge >= 0.3 is 5.97 Å². The van der Waals surface area contributed by atoms with E-state index in [-0.39, 0.29) is 47.5 Å². The Kier molecular flexibility index (Phi) is 4.77. The first-order valence-corrected chi connectivity index (χ1v) is 10.6. The Morgan fingerprint density at radius 3 is 2.80 bits per heavy atom. The number of carboxylic acids is 1. The number of hydrogen-bond acceptors (Lipinski definition) is 7. The third kappa shape index (κ3) is 3.47. The van der Waals surface area contributed by atoms with Crippen LogP contribution in [0, 0.1) is 0 Å². The number of rotatable bonds is 5. The summed E-state index contributed by atoms with van der Waals surface area (Å²) >= 11 is 0. The first kappa shape index (κ1) is 19.8. The highest BCUT2D eigenvalue weighted by atomic mass is 16.5. The Balaban J connectivity index is 1.25. The Labute approximate surface area is 173 Å². The van der Waals surface area contributed by atoms with E-state index in [1.807, 2.05) is 6.07 Å². The van der Waals surface area contributed by atoms with Crippen LogP contribution in [0.15, 0.2) is 12.1 Å². The predicted molar refractivity (Wildman–Crippen MR) is 107 cm³/mol. The zero-order chi connectivity index (χ0) is 21.0. The van der Waals surface area contributed by atoms with E-state index in [1.54, 1.807) is 11.0 Å². The van der Waals surface area contributed by atoms with Crippen molar-refractivity contribution in [2.75, 3.05) is 32.8 Å². The van der Waals surface area contributed by atoms with Gasteiger partial charge in [-0.25, -0.2) is 4.79 Å². The molecule has 4 aliphatic rings. The molecule has 0 aromatic heterocycles. The van der Waals surface area contributed by atoms with Crippen LogP contribution in [-0.2, 0) is 15.9 Å². The highest BCUT2D eigenvalue weighted by Crippen LogP contribution is 2.62. The first-order chi connectivity index (χ1) is 14.3. The lowest BCUT2D eigenvalue weighted by molar-refractivity contribution is -0.143. The third-order valence-corrected chi connectivity index (χ3v) is 6.86. The van der Waals surface area contributed by atoms with E-state index in [2.05, 4.69) is 5.32 Å². The van der Waals surface area contributed by atoms with Gasteiger partial charge in [0.2, 0.25) is 12.5 Å². The molecule has 1 saturated carbocycles. The summed E-state index contributed by atoms with van der Waals surface area (Å²) in [5.74, 6) is -1.06. The highest BCUT2D eigenvalue weighted by Gasteiger charge is 2.52. The fourth-order valence-corrected chi connectivity index (χ4v) is 5.13. The van der Waals surface area contributed by atoms with Crippen LogP contribution in [0.25, 0.3) is 0 Å². The van der Waals surface area contributed by atoms with Crippen molar-refractivity contribution in [2.24, 2.45) is 0 Å². The molecule has 9 nitrogen and oxygen atoms in total. The Hall–Kier alpha value is -2.14. The predicted octanol–water partition coefficient (Wildman–Crippen LogP) is -0.267. The monoisotopic (exact) mass is 417 g/mol. The molecular weight excluding hydrogens is 391 g/mol. The molecule has 1 aromatic rings. The number of carbonyl (C=O) groups is 2. The van der Waals surface area contributed by atoms with E-state index >= 15 is 0 Å². The van der Waals surface area contributed by atoms with Crippen LogP contribution in [0.2, 0.25) is 5.82 Å². The Morgan fingerprint density at radius 1 is 1.30 bits per heavy atom. The molecule has 1 aromatic carbocycles. The van der Waals surface area contributed by atoms with E-state index in [9.17, 15) is 24.7 Å². The number of ether oxygens (including phenoxy) is 2. The van der Waals surface area contributed by atoms with Crippen LogP contribution in [0.1, 0.15) is 40.2 Å². The summed E-state index contributed by atoms with van der Waals surface area (Å²) in [6.07, 6.45) is 0.542. The molecule has 0 unspecified atom stereocenters. The summed E-state index contributed by atoms with van der Waals surface area (Å²) in [5, 5.41) is 33.6. The maximum Gasteiger partial charge on any atom is 0.339 e. The van der Waals surface area contributed by atoms with Crippen molar-refractivity contribution in [2.45, 2.75) is 43.1 Å². The van der Waals surface area contributed by atoms with Crippen LogP contribution in [0.4, 0.5) is 0 Å². The first-order valence-electron chi connectivity index (χ1n) is 10.6. The normalized spacial score (nSPS) is 29.4. The van der Waals surface area contributed by atoms with Gasteiger partial charge in [-0.3, -0.25) is 4.79 Å². The van der Waals surface area contributed by atoms with Crippen LogP contribution in [0.5, 0.6) is 5.75 Å². The summed E-state index contributed by atoms with van der Waals surface area (Å²) in [7, 11) is 0. The number of morpholine rings is 1. The molecule has 0 spiro atoms. The second kappa shape index (κ2) is 7.23. The molecule has 1 amide bonds. The number of carbonyl (C=O) groups excluding carboxylic acids is 1. The molecule has 10 heteroatoms. The zero-order valence-corrected chi connectivity index (χ0v) is 16.6. The van der Waals surface area contributed by atoms with Gasteiger partial charge in [-0.15, -0.1) is 5.82 Å². The number of likely N-dealkylation sites (tertiary alicyclic amines) is 1. The molecular formula is C20H26BN2O7-. The van der Waals surface area contributed by atoms with Gasteiger partial charge in [0.1, 0.15) is 17.4 Å². The van der Waals surface area contributed by atoms with E-state index in [0.29, 0.717) is 44.6 Å². The molecule has 2 saturated heterocycles. The topological polar surface area (TPSA) is 129 Å². The third-order valence-electron chi connectivity index (χ3n) is 6.86. The van der Waals surface area contributed by atoms with Gasteiger partial charge in [-0.1, -0.05) is 24.4 Å². The minimum absolute atomic E-state index is 0.000249. The number of carboxylic acid groups (broad SMARTS) is 1. The van der Waals surface area contributed by atoms with E-state index < -0.39 is 12.5 Å². The number of fused-ring (bicyclic) bond motifs is 3. The van der Waals surface area contributed by atoms with Crippen LogP contribution >= 0.6 is 0 Å². The molecule has 1 aliphatic carbocycles. The molecule has 5 rings (SSSR count). The second-order valence-electron chi connectivity index (χ2n) is 8.98. The average molecular weight is 417 g/mol. The largest absolute Gasteiger partial charge is 0.583 e. The molecule has 3 fully saturated rings. The molecule has 0 bridgehead atoms. The van der Waals surface area contributed by atoms with Gasteiger partial charge in [0.15, 0.2) is 0 Å². The van der Waals surface area contributed by atoms with E-state index in [0.717, 1.165) is 12.1 Å². The van der Waals surface area contributed by atoms with Crippen LogP contribution in [0.3, 0.4) is 0 Å². The number of nitrogens with one attached hydrogen (secondary N) is 1. The quantitative estimate of drug-likeness (QED) is 0.483. The smallest absolute Gasteiger partial charge is 0.339 e. The van der Waals surface area contributed by atoms with Crippen molar-refractivity contribution in [3.63, 3.8) is 0 Å². The van der Waals surface area contributed by atoms with Gasteiger partial charge in [-0.05, 0) is 17.5 Å². The van der Waals surface area contributed by atoms with Gasteiger partial charge in [-0.2, -0.15) is 0 Å². The van der Waals surface area contributed by atoms with Crippen molar-refractivity contribution >= 4 is 18.4 Å². The summed E-state index contributed by atoms with van der Waals surface area (Å²) in [5.41, 5.74) is 1.37. The molecule has 3 heterocycles. The molecule has 162 valence electrons. The van der Waals surface area contributed by atoms with Crippen molar-refractivity contribution in [3.8, 4) is 5.75 Å².